The van der Waals surface area contributed by atoms with Gasteiger partial charge in [0.2, 0.25) is 5.91 Å². The van der Waals surface area contributed by atoms with Crippen molar-refractivity contribution in [1.82, 2.24) is 0 Å². The summed E-state index contributed by atoms with van der Waals surface area (Å²) in [6.45, 7) is 6.13. The van der Waals surface area contributed by atoms with Crippen LogP contribution in [0.4, 0.5) is 0 Å². The highest BCUT2D eigenvalue weighted by Gasteiger charge is 2.37. The van der Waals surface area contributed by atoms with E-state index in [1.54, 1.807) is 0 Å². The molecule has 1 aliphatic carbocycles. The van der Waals surface area contributed by atoms with Crippen LogP contribution in [-0.2, 0) is 4.79 Å². The van der Waals surface area contributed by atoms with Crippen LogP contribution in [0.1, 0.15) is 33.6 Å². The van der Waals surface area contributed by atoms with Crippen LogP contribution < -0.4 is 5.73 Å². The van der Waals surface area contributed by atoms with E-state index in [1.807, 2.05) is 6.92 Å². The molecule has 2 nitrogen and oxygen atoms in total. The Labute approximate surface area is 73.8 Å². The fourth-order valence-corrected chi connectivity index (χ4v) is 1.73. The molecule has 2 unspecified atom stereocenters. The minimum atomic E-state index is -0.320. The summed E-state index contributed by atoms with van der Waals surface area (Å²) >= 11 is 0. The van der Waals surface area contributed by atoms with Crippen molar-refractivity contribution >= 4 is 5.91 Å². The molecule has 0 aromatic carbocycles. The van der Waals surface area contributed by atoms with Crippen LogP contribution in [0, 0.1) is 11.3 Å². The number of allylic oxidation sites excluding steroid dienone is 2. The zero-order chi connectivity index (χ0) is 9.35. The first-order valence-corrected chi connectivity index (χ1v) is 4.44. The summed E-state index contributed by atoms with van der Waals surface area (Å²) in [5.41, 5.74) is 6.43. The molecule has 0 aromatic heterocycles. The van der Waals surface area contributed by atoms with Gasteiger partial charge in [-0.1, -0.05) is 25.5 Å². The van der Waals surface area contributed by atoms with Crippen molar-refractivity contribution in [3.63, 3.8) is 0 Å². The van der Waals surface area contributed by atoms with Gasteiger partial charge in [-0.05, 0) is 25.7 Å². The quantitative estimate of drug-likeness (QED) is 0.595. The molecular formula is C10H17NO. The van der Waals surface area contributed by atoms with Crippen LogP contribution in [0.3, 0.4) is 0 Å². The Hall–Kier alpha value is -0.790. The minimum absolute atomic E-state index is 0.168. The van der Waals surface area contributed by atoms with Crippen LogP contribution in [0.25, 0.3) is 0 Å². The van der Waals surface area contributed by atoms with Crippen LogP contribution >= 0.6 is 0 Å². The van der Waals surface area contributed by atoms with Crippen LogP contribution in [0.15, 0.2) is 11.6 Å². The van der Waals surface area contributed by atoms with Crippen molar-refractivity contribution in [3.05, 3.63) is 11.6 Å². The number of nitrogens with two attached hydrogens (primary N) is 1. The molecule has 0 heterocycles. The molecule has 2 atom stereocenters. The van der Waals surface area contributed by atoms with Crippen LogP contribution in [-0.4, -0.2) is 5.91 Å². The monoisotopic (exact) mass is 167 g/mol. The van der Waals surface area contributed by atoms with E-state index >= 15 is 0 Å². The number of carbonyl (C=O) groups excluding carboxylic acids is 1. The van der Waals surface area contributed by atoms with Crippen molar-refractivity contribution in [2.45, 2.75) is 33.6 Å². The average molecular weight is 167 g/mol. The molecule has 0 radical (unpaired) electrons. The fourth-order valence-electron chi connectivity index (χ4n) is 1.73. The number of amides is 1. The summed E-state index contributed by atoms with van der Waals surface area (Å²) in [4.78, 5) is 11.2. The van der Waals surface area contributed by atoms with Gasteiger partial charge in [-0.25, -0.2) is 0 Å². The summed E-state index contributed by atoms with van der Waals surface area (Å²) in [6, 6.07) is 0. The molecule has 12 heavy (non-hydrogen) atoms. The molecule has 0 aliphatic heterocycles. The Balaban J connectivity index is 2.90. The highest BCUT2D eigenvalue weighted by atomic mass is 16.1. The van der Waals surface area contributed by atoms with Gasteiger partial charge in [0.25, 0.3) is 0 Å². The van der Waals surface area contributed by atoms with Crippen molar-refractivity contribution in [1.29, 1.82) is 0 Å². The normalized spacial score (nSPS) is 35.9. The van der Waals surface area contributed by atoms with Gasteiger partial charge in [-0.3, -0.25) is 4.79 Å². The summed E-state index contributed by atoms with van der Waals surface area (Å²) in [5.74, 6) is 0.113. The maximum absolute atomic E-state index is 11.2. The minimum Gasteiger partial charge on any atom is -0.369 e. The molecule has 2 heteroatoms. The molecule has 2 N–H and O–H groups in total. The topological polar surface area (TPSA) is 43.1 Å². The first kappa shape index (κ1) is 9.30. The predicted octanol–water partition coefficient (Wildman–Crippen LogP) is 1.85. The number of rotatable bonds is 1. The van der Waals surface area contributed by atoms with E-state index in [9.17, 15) is 4.79 Å². The largest absolute Gasteiger partial charge is 0.369 e. The van der Waals surface area contributed by atoms with E-state index < -0.39 is 0 Å². The molecule has 1 aliphatic rings. The molecule has 0 saturated heterocycles. The van der Waals surface area contributed by atoms with Crippen molar-refractivity contribution in [2.75, 3.05) is 0 Å². The van der Waals surface area contributed by atoms with Gasteiger partial charge in [0, 0.05) is 0 Å². The van der Waals surface area contributed by atoms with E-state index in [4.69, 9.17) is 5.73 Å². The van der Waals surface area contributed by atoms with Crippen LogP contribution in [0.2, 0.25) is 0 Å². The Bertz CT molecular complexity index is 232. The summed E-state index contributed by atoms with van der Waals surface area (Å²) in [6.07, 6.45) is 4.06. The lowest BCUT2D eigenvalue weighted by Gasteiger charge is -2.34. The van der Waals surface area contributed by atoms with E-state index in [0.29, 0.717) is 0 Å². The molecule has 0 aromatic rings. The lowest BCUT2D eigenvalue weighted by atomic mass is 9.69. The first-order chi connectivity index (χ1) is 5.47. The van der Waals surface area contributed by atoms with E-state index in [2.05, 4.69) is 19.9 Å². The molecule has 68 valence electrons. The Kier molecular flexibility index (Phi) is 2.27. The van der Waals surface area contributed by atoms with Gasteiger partial charge in [0.05, 0.1) is 5.41 Å². The molecule has 0 bridgehead atoms. The van der Waals surface area contributed by atoms with E-state index in [-0.39, 0.29) is 17.2 Å². The SMILES string of the molecule is CC1=CC(C)C(C)(C(N)=O)CC1. The smallest absolute Gasteiger partial charge is 0.223 e. The van der Waals surface area contributed by atoms with Crippen molar-refractivity contribution in [3.8, 4) is 0 Å². The highest BCUT2D eigenvalue weighted by molar-refractivity contribution is 5.81. The lowest BCUT2D eigenvalue weighted by molar-refractivity contribution is -0.129. The third-order valence-corrected chi connectivity index (χ3v) is 3.14. The summed E-state index contributed by atoms with van der Waals surface area (Å²) < 4.78 is 0. The Morgan fingerprint density at radius 3 is 2.75 bits per heavy atom. The standard InChI is InChI=1S/C10H17NO/c1-7-4-5-10(3,9(11)12)8(2)6-7/h6,8H,4-5H2,1-3H3,(H2,11,12). The van der Waals surface area contributed by atoms with Gasteiger partial charge < -0.3 is 5.73 Å². The predicted molar refractivity (Wildman–Crippen MR) is 49.5 cm³/mol. The van der Waals surface area contributed by atoms with Gasteiger partial charge in [-0.2, -0.15) is 0 Å². The molecule has 1 amide bonds. The van der Waals surface area contributed by atoms with Gasteiger partial charge in [-0.15, -0.1) is 0 Å². The Morgan fingerprint density at radius 2 is 2.33 bits per heavy atom. The van der Waals surface area contributed by atoms with Crippen molar-refractivity contribution < 1.29 is 4.79 Å². The highest BCUT2D eigenvalue weighted by Crippen LogP contribution is 2.38. The van der Waals surface area contributed by atoms with Gasteiger partial charge >= 0.3 is 0 Å². The number of hydrogen-bond donors (Lipinski definition) is 1. The van der Waals surface area contributed by atoms with Crippen LogP contribution in [0.5, 0.6) is 0 Å². The molecular weight excluding hydrogens is 150 g/mol. The third kappa shape index (κ3) is 1.38. The molecule has 0 saturated carbocycles. The maximum atomic E-state index is 11.2. The molecule has 0 spiro atoms. The van der Waals surface area contributed by atoms with Gasteiger partial charge in [0.1, 0.15) is 0 Å². The second-order valence-corrected chi connectivity index (χ2v) is 4.08. The Morgan fingerprint density at radius 1 is 1.75 bits per heavy atom. The number of carbonyl (C=O) groups is 1. The fraction of sp³-hybridized carbons (Fsp3) is 0.700. The zero-order valence-corrected chi connectivity index (χ0v) is 8.05. The zero-order valence-electron chi connectivity index (χ0n) is 8.05. The average Bonchev–Trinajstić information content (AvgIpc) is 1.97. The molecule has 0 fully saturated rings. The number of primary amides is 1. The third-order valence-electron chi connectivity index (χ3n) is 3.14. The van der Waals surface area contributed by atoms with E-state index in [0.717, 1.165) is 12.8 Å². The molecule has 1 rings (SSSR count). The number of hydrogen-bond acceptors (Lipinski definition) is 1. The maximum Gasteiger partial charge on any atom is 0.223 e. The lowest BCUT2D eigenvalue weighted by Crippen LogP contribution is -2.40. The van der Waals surface area contributed by atoms with Crippen molar-refractivity contribution in [2.24, 2.45) is 17.1 Å². The van der Waals surface area contributed by atoms with E-state index in [1.165, 1.54) is 5.57 Å². The second kappa shape index (κ2) is 2.92. The summed E-state index contributed by atoms with van der Waals surface area (Å²) in [7, 11) is 0. The summed E-state index contributed by atoms with van der Waals surface area (Å²) in [5, 5.41) is 0. The first-order valence-electron chi connectivity index (χ1n) is 4.44. The second-order valence-electron chi connectivity index (χ2n) is 4.08. The van der Waals surface area contributed by atoms with Gasteiger partial charge in [0.15, 0.2) is 0 Å².